The monoisotopic (exact) mass is 392 g/mol. The van der Waals surface area contributed by atoms with Gasteiger partial charge in [-0.1, -0.05) is 0 Å². The maximum absolute atomic E-state index is 12.6. The summed E-state index contributed by atoms with van der Waals surface area (Å²) in [4.78, 5) is 21.9. The molecule has 0 bridgehead atoms. The van der Waals surface area contributed by atoms with Gasteiger partial charge in [0.25, 0.3) is 0 Å². The molecular formula is C16H23F3N4O2S. The van der Waals surface area contributed by atoms with Crippen LogP contribution < -0.4 is 5.32 Å². The Morgan fingerprint density at radius 2 is 2.27 bits per heavy atom. The summed E-state index contributed by atoms with van der Waals surface area (Å²) in [5.74, 6) is 0.136. The molecular weight excluding hydrogens is 369 g/mol. The fraction of sp³-hybridized carbons (Fsp3) is 0.688. The zero-order valence-electron chi connectivity index (χ0n) is 14.8. The third kappa shape index (κ3) is 5.58. The van der Waals surface area contributed by atoms with Crippen LogP contribution in [-0.2, 0) is 22.3 Å². The highest BCUT2D eigenvalue weighted by Crippen LogP contribution is 2.30. The second-order valence-electron chi connectivity index (χ2n) is 5.83. The second kappa shape index (κ2) is 9.20. The standard InChI is InChI=1S/C16H23F3N4O2S/c1-3-20-15(21-8-13-22-12(10-26-13)16(17,18)19)23-7-5-6-11(9-23)14(24)25-4-2/h10-11H,3-9H2,1-2H3,(H,20,21). The number of aromatic nitrogens is 1. The molecule has 2 rings (SSSR count). The van der Waals surface area contributed by atoms with Crippen LogP contribution in [0.2, 0.25) is 0 Å². The van der Waals surface area contributed by atoms with Crippen LogP contribution in [0.5, 0.6) is 0 Å². The molecule has 0 amide bonds. The van der Waals surface area contributed by atoms with Gasteiger partial charge in [0.1, 0.15) is 5.01 Å². The van der Waals surface area contributed by atoms with E-state index in [2.05, 4.69) is 15.3 Å². The number of hydrogen-bond donors (Lipinski definition) is 1. The van der Waals surface area contributed by atoms with Crippen molar-refractivity contribution in [1.82, 2.24) is 15.2 Å². The Kier molecular flexibility index (Phi) is 7.24. The number of carbonyl (C=O) groups excluding carboxylic acids is 1. The number of rotatable bonds is 5. The van der Waals surface area contributed by atoms with Gasteiger partial charge in [0.05, 0.1) is 19.1 Å². The summed E-state index contributed by atoms with van der Waals surface area (Å²) in [6.45, 7) is 5.91. The zero-order chi connectivity index (χ0) is 19.2. The van der Waals surface area contributed by atoms with Gasteiger partial charge >= 0.3 is 12.1 Å². The summed E-state index contributed by atoms with van der Waals surface area (Å²) in [6, 6.07) is 0. The quantitative estimate of drug-likeness (QED) is 0.474. The van der Waals surface area contributed by atoms with Gasteiger partial charge in [0, 0.05) is 25.0 Å². The maximum Gasteiger partial charge on any atom is 0.434 e. The van der Waals surface area contributed by atoms with E-state index in [9.17, 15) is 18.0 Å². The summed E-state index contributed by atoms with van der Waals surface area (Å²) < 4.78 is 43.0. The first kappa shape index (κ1) is 20.5. The lowest BCUT2D eigenvalue weighted by Crippen LogP contribution is -2.48. The normalized spacial score (nSPS) is 18.7. The van der Waals surface area contributed by atoms with Crippen molar-refractivity contribution in [3.63, 3.8) is 0 Å². The summed E-state index contributed by atoms with van der Waals surface area (Å²) >= 11 is 0.937. The molecule has 6 nitrogen and oxygen atoms in total. The first-order valence-electron chi connectivity index (χ1n) is 8.56. The average molecular weight is 392 g/mol. The van der Waals surface area contributed by atoms with E-state index in [1.54, 1.807) is 6.92 Å². The third-order valence-electron chi connectivity index (χ3n) is 3.88. The van der Waals surface area contributed by atoms with E-state index in [-0.39, 0.29) is 18.4 Å². The third-order valence-corrected chi connectivity index (χ3v) is 4.72. The van der Waals surface area contributed by atoms with Gasteiger partial charge in [-0.05, 0) is 26.7 Å². The molecule has 1 fully saturated rings. The number of alkyl halides is 3. The van der Waals surface area contributed by atoms with Crippen molar-refractivity contribution in [1.29, 1.82) is 0 Å². The largest absolute Gasteiger partial charge is 0.466 e. The zero-order valence-corrected chi connectivity index (χ0v) is 15.6. The highest BCUT2D eigenvalue weighted by molar-refractivity contribution is 7.09. The van der Waals surface area contributed by atoms with Gasteiger partial charge in [-0.3, -0.25) is 4.79 Å². The fourth-order valence-electron chi connectivity index (χ4n) is 2.70. The van der Waals surface area contributed by atoms with E-state index in [1.165, 1.54) is 0 Å². The van der Waals surface area contributed by atoms with Gasteiger partial charge in [0.2, 0.25) is 0 Å². The van der Waals surface area contributed by atoms with Crippen molar-refractivity contribution in [2.45, 2.75) is 39.4 Å². The number of halogens is 3. The molecule has 146 valence electrons. The number of nitrogens with one attached hydrogen (secondary N) is 1. The molecule has 0 spiro atoms. The number of likely N-dealkylation sites (tertiary alicyclic amines) is 1. The Balaban J connectivity index is 2.05. The molecule has 1 aliphatic rings. The van der Waals surface area contributed by atoms with Crippen molar-refractivity contribution in [2.75, 3.05) is 26.2 Å². The SMILES string of the molecule is CCNC(=NCc1nc(C(F)(F)F)cs1)N1CCCC(C(=O)OCC)C1. The number of piperidine rings is 1. The maximum atomic E-state index is 12.6. The van der Waals surface area contributed by atoms with Crippen LogP contribution in [0.4, 0.5) is 13.2 Å². The summed E-state index contributed by atoms with van der Waals surface area (Å²) in [7, 11) is 0. The number of hydrogen-bond acceptors (Lipinski definition) is 5. The number of nitrogens with zero attached hydrogens (tertiary/aromatic N) is 3. The molecule has 1 unspecified atom stereocenters. The minimum absolute atomic E-state index is 0.0592. The number of thiazole rings is 1. The first-order chi connectivity index (χ1) is 12.3. The van der Waals surface area contributed by atoms with Crippen molar-refractivity contribution in [2.24, 2.45) is 10.9 Å². The van der Waals surface area contributed by atoms with E-state index in [4.69, 9.17) is 4.74 Å². The van der Waals surface area contributed by atoms with Gasteiger partial charge in [-0.15, -0.1) is 11.3 Å². The smallest absolute Gasteiger partial charge is 0.434 e. The number of ether oxygens (including phenoxy) is 1. The molecule has 0 aliphatic carbocycles. The summed E-state index contributed by atoms with van der Waals surface area (Å²) in [6.07, 6.45) is -2.86. The number of guanidine groups is 1. The number of esters is 1. The molecule has 1 saturated heterocycles. The van der Waals surface area contributed by atoms with E-state index in [0.717, 1.165) is 36.1 Å². The van der Waals surface area contributed by atoms with Gasteiger partial charge in [0.15, 0.2) is 11.7 Å². The predicted molar refractivity (Wildman–Crippen MR) is 92.9 cm³/mol. The van der Waals surface area contributed by atoms with Crippen LogP contribution in [0.3, 0.4) is 0 Å². The molecule has 1 aromatic rings. The van der Waals surface area contributed by atoms with Crippen molar-refractivity contribution < 1.29 is 22.7 Å². The predicted octanol–water partition coefficient (Wildman–Crippen LogP) is 2.90. The molecule has 0 radical (unpaired) electrons. The molecule has 1 N–H and O–H groups in total. The fourth-order valence-corrected chi connectivity index (χ4v) is 3.43. The highest BCUT2D eigenvalue weighted by Gasteiger charge is 2.33. The molecule has 2 heterocycles. The van der Waals surface area contributed by atoms with Gasteiger partial charge in [-0.25, -0.2) is 9.98 Å². The second-order valence-corrected chi connectivity index (χ2v) is 6.77. The Morgan fingerprint density at radius 1 is 1.50 bits per heavy atom. The summed E-state index contributed by atoms with van der Waals surface area (Å²) in [5, 5.41) is 4.42. The molecule has 10 heteroatoms. The Bertz CT molecular complexity index is 633. The van der Waals surface area contributed by atoms with Gasteiger partial charge in [-0.2, -0.15) is 13.2 Å². The van der Waals surface area contributed by atoms with Crippen molar-refractivity contribution >= 4 is 23.3 Å². The molecule has 1 aromatic heterocycles. The Labute approximate surface area is 154 Å². The minimum atomic E-state index is -4.44. The van der Waals surface area contributed by atoms with E-state index >= 15 is 0 Å². The minimum Gasteiger partial charge on any atom is -0.466 e. The molecule has 1 aliphatic heterocycles. The van der Waals surface area contributed by atoms with Crippen LogP contribution in [0, 0.1) is 5.92 Å². The lowest BCUT2D eigenvalue weighted by atomic mass is 9.98. The molecule has 0 aromatic carbocycles. The van der Waals surface area contributed by atoms with Crippen molar-refractivity contribution in [3.05, 3.63) is 16.1 Å². The molecule has 1 atom stereocenters. The van der Waals surface area contributed by atoms with Crippen LogP contribution >= 0.6 is 11.3 Å². The summed E-state index contributed by atoms with van der Waals surface area (Å²) in [5.41, 5.74) is -0.891. The first-order valence-corrected chi connectivity index (χ1v) is 9.44. The lowest BCUT2D eigenvalue weighted by Gasteiger charge is -2.33. The molecule has 26 heavy (non-hydrogen) atoms. The number of aliphatic imine (C=N–C) groups is 1. The highest BCUT2D eigenvalue weighted by atomic mass is 32.1. The average Bonchev–Trinajstić information content (AvgIpc) is 3.08. The molecule has 0 saturated carbocycles. The Hall–Kier alpha value is -1.84. The Morgan fingerprint density at radius 3 is 2.88 bits per heavy atom. The van der Waals surface area contributed by atoms with Crippen LogP contribution in [0.25, 0.3) is 0 Å². The van der Waals surface area contributed by atoms with Crippen LogP contribution in [-0.4, -0.2) is 48.1 Å². The van der Waals surface area contributed by atoms with Crippen LogP contribution in [0.1, 0.15) is 37.4 Å². The lowest BCUT2D eigenvalue weighted by molar-refractivity contribution is -0.149. The topological polar surface area (TPSA) is 66.8 Å². The van der Waals surface area contributed by atoms with E-state index in [1.807, 2.05) is 11.8 Å². The van der Waals surface area contributed by atoms with E-state index < -0.39 is 11.9 Å². The number of carbonyl (C=O) groups is 1. The van der Waals surface area contributed by atoms with E-state index in [0.29, 0.717) is 30.7 Å². The van der Waals surface area contributed by atoms with Crippen molar-refractivity contribution in [3.8, 4) is 0 Å². The van der Waals surface area contributed by atoms with Crippen LogP contribution in [0.15, 0.2) is 10.4 Å². The van der Waals surface area contributed by atoms with Gasteiger partial charge < -0.3 is 15.0 Å².